The third-order valence-electron chi connectivity index (χ3n) is 2.70. The summed E-state index contributed by atoms with van der Waals surface area (Å²) in [5, 5.41) is 12.9. The van der Waals surface area contributed by atoms with E-state index >= 15 is 0 Å². The molecule has 100 valence electrons. The lowest BCUT2D eigenvalue weighted by Gasteiger charge is -2.12. The first-order valence-electron chi connectivity index (χ1n) is 6.13. The van der Waals surface area contributed by atoms with E-state index in [0.29, 0.717) is 12.1 Å². The van der Waals surface area contributed by atoms with Crippen LogP contribution in [0.4, 0.5) is 10.1 Å². The fourth-order valence-corrected chi connectivity index (χ4v) is 2.56. The van der Waals surface area contributed by atoms with Crippen molar-refractivity contribution in [1.29, 1.82) is 0 Å². The number of phenolic OH excluding ortho intramolecular Hbond substituents is 1. The van der Waals surface area contributed by atoms with Crippen molar-refractivity contribution in [2.45, 2.75) is 18.4 Å². The lowest BCUT2D eigenvalue weighted by Crippen LogP contribution is -2.01. The van der Waals surface area contributed by atoms with Gasteiger partial charge in [0.1, 0.15) is 11.6 Å². The zero-order chi connectivity index (χ0) is 13.7. The molecule has 4 heteroatoms. The molecular formula is C15H16FNOS. The first-order valence-corrected chi connectivity index (χ1v) is 7.12. The second-order valence-corrected chi connectivity index (χ2v) is 5.36. The first-order chi connectivity index (χ1) is 9.20. The van der Waals surface area contributed by atoms with Gasteiger partial charge in [-0.1, -0.05) is 19.1 Å². The van der Waals surface area contributed by atoms with Gasteiger partial charge >= 0.3 is 0 Å². The van der Waals surface area contributed by atoms with Crippen molar-refractivity contribution in [3.63, 3.8) is 0 Å². The smallest absolute Gasteiger partial charge is 0.123 e. The van der Waals surface area contributed by atoms with E-state index in [1.165, 1.54) is 18.2 Å². The van der Waals surface area contributed by atoms with Crippen molar-refractivity contribution in [2.24, 2.45) is 0 Å². The Kier molecular flexibility index (Phi) is 4.68. The summed E-state index contributed by atoms with van der Waals surface area (Å²) in [5.41, 5.74) is 1.55. The van der Waals surface area contributed by atoms with Gasteiger partial charge in [0, 0.05) is 22.7 Å². The molecule has 0 aromatic heterocycles. The molecule has 2 aromatic carbocycles. The molecule has 0 unspecified atom stereocenters. The second-order valence-electron chi connectivity index (χ2n) is 4.06. The number of halogens is 1. The van der Waals surface area contributed by atoms with Crippen LogP contribution in [0.1, 0.15) is 12.5 Å². The molecule has 2 rings (SSSR count). The third-order valence-corrected chi connectivity index (χ3v) is 3.65. The topological polar surface area (TPSA) is 32.3 Å². The highest BCUT2D eigenvalue weighted by Crippen LogP contribution is 2.28. The van der Waals surface area contributed by atoms with Gasteiger partial charge in [-0.05, 0) is 36.1 Å². The molecule has 0 atom stereocenters. The minimum Gasteiger partial charge on any atom is -0.508 e. The summed E-state index contributed by atoms with van der Waals surface area (Å²) in [4.78, 5) is 1.15. The summed E-state index contributed by atoms with van der Waals surface area (Å²) < 4.78 is 13.1. The zero-order valence-corrected chi connectivity index (χ0v) is 11.5. The van der Waals surface area contributed by atoms with E-state index in [1.807, 2.05) is 24.3 Å². The maximum absolute atomic E-state index is 13.1. The van der Waals surface area contributed by atoms with E-state index in [9.17, 15) is 9.50 Å². The third kappa shape index (κ3) is 3.64. The Labute approximate surface area is 116 Å². The van der Waals surface area contributed by atoms with Gasteiger partial charge in [0.15, 0.2) is 0 Å². The number of rotatable bonds is 5. The maximum Gasteiger partial charge on any atom is 0.123 e. The number of para-hydroxylation sites is 1. The average Bonchev–Trinajstić information content (AvgIpc) is 2.42. The second kappa shape index (κ2) is 6.48. The Morgan fingerprint density at radius 3 is 2.79 bits per heavy atom. The van der Waals surface area contributed by atoms with Gasteiger partial charge in [-0.3, -0.25) is 0 Å². The summed E-state index contributed by atoms with van der Waals surface area (Å²) in [5.74, 6) is 0.754. The van der Waals surface area contributed by atoms with Crippen molar-refractivity contribution in [2.75, 3.05) is 11.1 Å². The number of thioether (sulfide) groups is 1. The van der Waals surface area contributed by atoms with Gasteiger partial charge in [0.2, 0.25) is 0 Å². The number of benzene rings is 2. The van der Waals surface area contributed by atoms with Gasteiger partial charge < -0.3 is 10.4 Å². The van der Waals surface area contributed by atoms with E-state index in [-0.39, 0.29) is 11.6 Å². The molecule has 2 N–H and O–H groups in total. The van der Waals surface area contributed by atoms with Crippen molar-refractivity contribution in [1.82, 2.24) is 0 Å². The minimum atomic E-state index is -0.342. The molecule has 19 heavy (non-hydrogen) atoms. The molecule has 0 saturated carbocycles. The molecule has 0 spiro atoms. The molecule has 0 saturated heterocycles. The summed E-state index contributed by atoms with van der Waals surface area (Å²) >= 11 is 1.75. The highest BCUT2D eigenvalue weighted by atomic mass is 32.2. The van der Waals surface area contributed by atoms with E-state index in [2.05, 4.69) is 12.2 Å². The SMILES string of the molecule is CCSc1ccccc1NCc1cc(F)ccc1O. The van der Waals surface area contributed by atoms with Crippen LogP contribution < -0.4 is 5.32 Å². The van der Waals surface area contributed by atoms with Crippen molar-refractivity contribution in [3.8, 4) is 5.75 Å². The number of hydrogen-bond donors (Lipinski definition) is 2. The molecule has 0 aliphatic carbocycles. The fraction of sp³-hybridized carbons (Fsp3) is 0.200. The molecule has 0 radical (unpaired) electrons. The van der Waals surface area contributed by atoms with E-state index in [0.717, 1.165) is 16.3 Å². The number of hydrogen-bond acceptors (Lipinski definition) is 3. The molecule has 0 bridgehead atoms. The van der Waals surface area contributed by atoms with Crippen LogP contribution in [0, 0.1) is 5.82 Å². The molecule has 2 aromatic rings. The van der Waals surface area contributed by atoms with Crippen molar-refractivity contribution < 1.29 is 9.50 Å². The van der Waals surface area contributed by atoms with Crippen LogP contribution in [0.5, 0.6) is 5.75 Å². The van der Waals surface area contributed by atoms with Crippen LogP contribution in [0.2, 0.25) is 0 Å². The average molecular weight is 277 g/mol. The van der Waals surface area contributed by atoms with Crippen molar-refractivity contribution in [3.05, 3.63) is 53.8 Å². The molecule has 0 aliphatic rings. The zero-order valence-electron chi connectivity index (χ0n) is 10.7. The molecule has 0 amide bonds. The van der Waals surface area contributed by atoms with Gasteiger partial charge in [-0.25, -0.2) is 4.39 Å². The number of anilines is 1. The molecule has 0 aliphatic heterocycles. The Balaban J connectivity index is 2.12. The van der Waals surface area contributed by atoms with E-state index < -0.39 is 0 Å². The molecule has 2 nitrogen and oxygen atoms in total. The van der Waals surface area contributed by atoms with E-state index in [1.54, 1.807) is 11.8 Å². The quantitative estimate of drug-likeness (QED) is 0.801. The minimum absolute atomic E-state index is 0.106. The van der Waals surface area contributed by atoms with Gasteiger partial charge in [-0.2, -0.15) is 0 Å². The highest BCUT2D eigenvalue weighted by Gasteiger charge is 2.05. The van der Waals surface area contributed by atoms with Crippen LogP contribution in [-0.4, -0.2) is 10.9 Å². The fourth-order valence-electron chi connectivity index (χ4n) is 1.78. The lowest BCUT2D eigenvalue weighted by molar-refractivity contribution is 0.466. The van der Waals surface area contributed by atoms with Crippen LogP contribution in [0.3, 0.4) is 0 Å². The predicted molar refractivity (Wildman–Crippen MR) is 78.2 cm³/mol. The van der Waals surface area contributed by atoms with Crippen LogP contribution in [0.25, 0.3) is 0 Å². The lowest BCUT2D eigenvalue weighted by atomic mass is 10.2. The number of phenols is 1. The summed E-state index contributed by atoms with van der Waals surface area (Å²) in [6.07, 6.45) is 0. The van der Waals surface area contributed by atoms with E-state index in [4.69, 9.17) is 0 Å². The van der Waals surface area contributed by atoms with Crippen LogP contribution >= 0.6 is 11.8 Å². The standard InChI is InChI=1S/C15H16FNOS/c1-2-19-15-6-4-3-5-13(15)17-10-11-9-12(16)7-8-14(11)18/h3-9,17-18H,2,10H2,1H3. The summed E-state index contributed by atoms with van der Waals surface area (Å²) in [6.45, 7) is 2.49. The first kappa shape index (κ1) is 13.7. The largest absolute Gasteiger partial charge is 0.508 e. The van der Waals surface area contributed by atoms with Crippen LogP contribution in [-0.2, 0) is 6.54 Å². The highest BCUT2D eigenvalue weighted by molar-refractivity contribution is 7.99. The Hall–Kier alpha value is -1.68. The molecule has 0 fully saturated rings. The van der Waals surface area contributed by atoms with Crippen LogP contribution in [0.15, 0.2) is 47.4 Å². The Morgan fingerprint density at radius 1 is 1.21 bits per heavy atom. The number of aromatic hydroxyl groups is 1. The van der Waals surface area contributed by atoms with Gasteiger partial charge in [0.05, 0.1) is 0 Å². The molecular weight excluding hydrogens is 261 g/mol. The van der Waals surface area contributed by atoms with Crippen molar-refractivity contribution >= 4 is 17.4 Å². The predicted octanol–water partition coefficient (Wildman–Crippen LogP) is 4.26. The Bertz CT molecular complexity index is 560. The molecule has 0 heterocycles. The van der Waals surface area contributed by atoms with Gasteiger partial charge in [-0.15, -0.1) is 11.8 Å². The summed E-state index contributed by atoms with van der Waals surface area (Å²) in [7, 11) is 0. The number of nitrogens with one attached hydrogen (secondary N) is 1. The Morgan fingerprint density at radius 2 is 2.00 bits per heavy atom. The monoisotopic (exact) mass is 277 g/mol. The normalized spacial score (nSPS) is 10.4. The van der Waals surface area contributed by atoms with Gasteiger partial charge in [0.25, 0.3) is 0 Å². The maximum atomic E-state index is 13.1. The summed E-state index contributed by atoms with van der Waals surface area (Å²) in [6, 6.07) is 11.9.